The quantitative estimate of drug-likeness (QED) is 0.740. The Labute approximate surface area is 128 Å². The van der Waals surface area contributed by atoms with Crippen LogP contribution in [0.15, 0.2) is 40.9 Å². The molecule has 0 aliphatic carbocycles. The first-order chi connectivity index (χ1) is 9.52. The summed E-state index contributed by atoms with van der Waals surface area (Å²) in [5.41, 5.74) is 3.02. The van der Waals surface area contributed by atoms with Crippen molar-refractivity contribution in [1.82, 2.24) is 0 Å². The van der Waals surface area contributed by atoms with E-state index < -0.39 is 0 Å². The summed E-state index contributed by atoms with van der Waals surface area (Å²) in [6, 6.07) is 13.7. The third kappa shape index (κ3) is 3.02. The molecule has 2 aromatic rings. The highest BCUT2D eigenvalue weighted by Crippen LogP contribution is 2.31. The van der Waals surface area contributed by atoms with Gasteiger partial charge in [-0.1, -0.05) is 26.0 Å². The Bertz CT molecular complexity index is 671. The molecule has 2 rings (SSSR count). The molecule has 0 unspecified atom stereocenters. The normalized spacial score (nSPS) is 10.4. The summed E-state index contributed by atoms with van der Waals surface area (Å²) in [6.45, 7) is 6.42. The van der Waals surface area contributed by atoms with Gasteiger partial charge in [0.1, 0.15) is 23.1 Å². The molecule has 3 heteroatoms. The van der Waals surface area contributed by atoms with Crippen LogP contribution in [0.25, 0.3) is 0 Å². The number of aryl methyl sites for hydroxylation is 1. The van der Waals surface area contributed by atoms with Crippen LogP contribution in [0.1, 0.15) is 36.5 Å². The number of hydrogen-bond donors (Lipinski definition) is 0. The van der Waals surface area contributed by atoms with Crippen molar-refractivity contribution in [2.45, 2.75) is 26.7 Å². The third-order valence-electron chi connectivity index (χ3n) is 3.18. The average molecular weight is 330 g/mol. The number of nitriles is 1. The van der Waals surface area contributed by atoms with Crippen LogP contribution in [-0.4, -0.2) is 0 Å². The van der Waals surface area contributed by atoms with Crippen molar-refractivity contribution in [2.24, 2.45) is 0 Å². The van der Waals surface area contributed by atoms with Crippen molar-refractivity contribution in [1.29, 1.82) is 5.26 Å². The van der Waals surface area contributed by atoms with Crippen LogP contribution in [0, 0.1) is 18.3 Å². The Morgan fingerprint density at radius 2 is 1.95 bits per heavy atom. The highest BCUT2D eigenvalue weighted by atomic mass is 79.9. The van der Waals surface area contributed by atoms with Gasteiger partial charge in [-0.15, -0.1) is 0 Å². The van der Waals surface area contributed by atoms with Crippen molar-refractivity contribution >= 4 is 15.9 Å². The Hall–Kier alpha value is -1.79. The Balaban J connectivity index is 2.34. The number of ether oxygens (including phenoxy) is 1. The number of rotatable bonds is 3. The Morgan fingerprint density at radius 3 is 2.55 bits per heavy atom. The predicted octanol–water partition coefficient (Wildman–Crippen LogP) is 5.54. The fourth-order valence-corrected chi connectivity index (χ4v) is 2.62. The minimum absolute atomic E-state index is 0.490. The van der Waals surface area contributed by atoms with Gasteiger partial charge in [0.15, 0.2) is 0 Å². The summed E-state index contributed by atoms with van der Waals surface area (Å²) in [4.78, 5) is 0. The van der Waals surface area contributed by atoms with Crippen molar-refractivity contribution in [3.05, 3.63) is 57.6 Å². The molecule has 0 N–H and O–H groups in total. The van der Waals surface area contributed by atoms with E-state index in [1.54, 1.807) is 6.07 Å². The molecule has 2 nitrogen and oxygen atoms in total. The van der Waals surface area contributed by atoms with E-state index in [1.165, 1.54) is 11.1 Å². The summed E-state index contributed by atoms with van der Waals surface area (Å²) < 4.78 is 6.59. The largest absolute Gasteiger partial charge is 0.456 e. The van der Waals surface area contributed by atoms with Crippen LogP contribution < -0.4 is 4.74 Å². The van der Waals surface area contributed by atoms with Crippen LogP contribution in [0.2, 0.25) is 0 Å². The molecule has 0 fully saturated rings. The van der Waals surface area contributed by atoms with Crippen molar-refractivity contribution in [3.63, 3.8) is 0 Å². The van der Waals surface area contributed by atoms with Crippen LogP contribution in [0.4, 0.5) is 0 Å². The second-order valence-electron chi connectivity index (χ2n) is 5.00. The van der Waals surface area contributed by atoms with Crippen molar-refractivity contribution in [2.75, 3.05) is 0 Å². The molecular weight excluding hydrogens is 314 g/mol. The molecule has 0 heterocycles. The van der Waals surface area contributed by atoms with Gasteiger partial charge < -0.3 is 4.74 Å². The van der Waals surface area contributed by atoms with E-state index in [4.69, 9.17) is 4.74 Å². The summed E-state index contributed by atoms with van der Waals surface area (Å²) in [5.74, 6) is 1.81. The van der Waals surface area contributed by atoms with Gasteiger partial charge in [0, 0.05) is 4.47 Å². The zero-order valence-electron chi connectivity index (χ0n) is 11.8. The average Bonchev–Trinajstić information content (AvgIpc) is 2.38. The maximum Gasteiger partial charge on any atom is 0.146 e. The van der Waals surface area contributed by atoms with Gasteiger partial charge in [-0.05, 0) is 64.2 Å². The van der Waals surface area contributed by atoms with Gasteiger partial charge in [0.05, 0.1) is 0 Å². The molecule has 20 heavy (non-hydrogen) atoms. The topological polar surface area (TPSA) is 33.0 Å². The highest BCUT2D eigenvalue weighted by Gasteiger charge is 2.10. The van der Waals surface area contributed by atoms with Crippen molar-refractivity contribution in [3.8, 4) is 17.6 Å². The summed E-state index contributed by atoms with van der Waals surface area (Å²) in [5, 5.41) is 9.19. The van der Waals surface area contributed by atoms with E-state index in [9.17, 15) is 5.26 Å². The monoisotopic (exact) mass is 329 g/mol. The van der Waals surface area contributed by atoms with E-state index in [0.29, 0.717) is 17.2 Å². The molecule has 102 valence electrons. The number of halogens is 1. The van der Waals surface area contributed by atoms with E-state index in [1.807, 2.05) is 24.3 Å². The maximum absolute atomic E-state index is 9.19. The number of hydrogen-bond acceptors (Lipinski definition) is 2. The van der Waals surface area contributed by atoms with E-state index in [0.717, 1.165) is 10.2 Å². The van der Waals surface area contributed by atoms with E-state index in [-0.39, 0.29) is 0 Å². The SMILES string of the molecule is Cc1cc(Oc2cccc(Br)c2C#N)ccc1C(C)C. The molecule has 0 aliphatic heterocycles. The van der Waals surface area contributed by atoms with Crippen LogP contribution in [0.5, 0.6) is 11.5 Å². The molecule has 0 atom stereocenters. The van der Waals surface area contributed by atoms with Gasteiger partial charge in [0.25, 0.3) is 0 Å². The summed E-state index contributed by atoms with van der Waals surface area (Å²) in [7, 11) is 0. The molecule has 0 saturated carbocycles. The van der Waals surface area contributed by atoms with Crippen LogP contribution in [0.3, 0.4) is 0 Å². The highest BCUT2D eigenvalue weighted by molar-refractivity contribution is 9.10. The number of benzene rings is 2. The second kappa shape index (κ2) is 6.11. The molecular formula is C17H16BrNO. The molecule has 0 aromatic heterocycles. The first-order valence-electron chi connectivity index (χ1n) is 6.50. The first-order valence-corrected chi connectivity index (χ1v) is 7.29. The van der Waals surface area contributed by atoms with Gasteiger partial charge in [-0.2, -0.15) is 5.26 Å². The van der Waals surface area contributed by atoms with E-state index >= 15 is 0 Å². The molecule has 0 aliphatic rings. The van der Waals surface area contributed by atoms with Gasteiger partial charge >= 0.3 is 0 Å². The second-order valence-corrected chi connectivity index (χ2v) is 5.85. The zero-order valence-corrected chi connectivity index (χ0v) is 13.4. The molecule has 0 saturated heterocycles. The molecule has 2 aromatic carbocycles. The summed E-state index contributed by atoms with van der Waals surface area (Å²) in [6.07, 6.45) is 0. The van der Waals surface area contributed by atoms with Crippen LogP contribution in [-0.2, 0) is 0 Å². The van der Waals surface area contributed by atoms with Gasteiger partial charge in [0.2, 0.25) is 0 Å². The third-order valence-corrected chi connectivity index (χ3v) is 3.84. The fourth-order valence-electron chi connectivity index (χ4n) is 2.18. The Kier molecular flexibility index (Phi) is 4.46. The minimum Gasteiger partial charge on any atom is -0.456 e. The fraction of sp³-hybridized carbons (Fsp3) is 0.235. The molecule has 0 amide bonds. The van der Waals surface area contributed by atoms with Crippen LogP contribution >= 0.6 is 15.9 Å². The lowest BCUT2D eigenvalue weighted by Crippen LogP contribution is -1.94. The minimum atomic E-state index is 0.490. The maximum atomic E-state index is 9.19. The Morgan fingerprint density at radius 1 is 1.20 bits per heavy atom. The molecule has 0 spiro atoms. The summed E-state index contributed by atoms with van der Waals surface area (Å²) >= 11 is 3.36. The molecule has 0 radical (unpaired) electrons. The standard InChI is InChI=1S/C17H16BrNO/c1-11(2)14-8-7-13(9-12(14)3)20-17-6-4-5-16(18)15(17)10-19/h4-9,11H,1-3H3. The van der Waals surface area contributed by atoms with Gasteiger partial charge in [-0.3, -0.25) is 0 Å². The smallest absolute Gasteiger partial charge is 0.146 e. The van der Waals surface area contributed by atoms with Crippen molar-refractivity contribution < 1.29 is 4.74 Å². The molecule has 0 bridgehead atoms. The first kappa shape index (κ1) is 14.6. The lowest BCUT2D eigenvalue weighted by molar-refractivity contribution is 0.480. The van der Waals surface area contributed by atoms with E-state index in [2.05, 4.69) is 48.8 Å². The lowest BCUT2D eigenvalue weighted by Gasteiger charge is -2.13. The number of nitrogens with zero attached hydrogens (tertiary/aromatic N) is 1. The zero-order chi connectivity index (χ0) is 14.7. The lowest BCUT2D eigenvalue weighted by atomic mass is 9.98. The van der Waals surface area contributed by atoms with Gasteiger partial charge in [-0.25, -0.2) is 0 Å². The predicted molar refractivity (Wildman–Crippen MR) is 84.2 cm³/mol.